The van der Waals surface area contributed by atoms with E-state index in [1.54, 1.807) is 0 Å². The largest absolute Gasteiger partial charge is 0.339 e. The van der Waals surface area contributed by atoms with E-state index < -0.39 is 0 Å². The van der Waals surface area contributed by atoms with Crippen molar-refractivity contribution in [3.05, 3.63) is 65.2 Å². The third-order valence-corrected chi connectivity index (χ3v) is 4.85. The Morgan fingerprint density at radius 3 is 2.52 bits per heavy atom. The molecule has 0 bridgehead atoms. The first-order valence-corrected chi connectivity index (χ1v) is 9.56. The fourth-order valence-electron chi connectivity index (χ4n) is 3.38. The summed E-state index contributed by atoms with van der Waals surface area (Å²) in [5, 5.41) is 5.79. The highest BCUT2D eigenvalue weighted by molar-refractivity contribution is 5.94. The van der Waals surface area contributed by atoms with Crippen LogP contribution in [0.25, 0.3) is 0 Å². The maximum Gasteiger partial charge on any atom is 0.319 e. The van der Waals surface area contributed by atoms with Crippen LogP contribution in [0.15, 0.2) is 48.5 Å². The van der Waals surface area contributed by atoms with Crippen LogP contribution in [0.4, 0.5) is 10.5 Å². The average molecular weight is 365 g/mol. The van der Waals surface area contributed by atoms with Crippen LogP contribution < -0.4 is 10.6 Å². The van der Waals surface area contributed by atoms with Gasteiger partial charge in [0.2, 0.25) is 0 Å². The standard InChI is InChI=1S/C22H27N3O2/c1-16(2)19-10-3-4-11-20(19)24-22(27)23-15-17-8-7-9-18(14-17)21(26)25-12-5-6-13-25/h3-4,7-11,14,16H,5-6,12-13,15H2,1-2H3,(H2,23,24,27). The topological polar surface area (TPSA) is 61.4 Å². The molecule has 0 aliphatic carbocycles. The number of hydrogen-bond acceptors (Lipinski definition) is 2. The number of hydrogen-bond donors (Lipinski definition) is 2. The summed E-state index contributed by atoms with van der Waals surface area (Å²) in [5.74, 6) is 0.402. The molecule has 0 aromatic heterocycles. The molecule has 1 aliphatic heterocycles. The molecule has 3 amide bonds. The number of likely N-dealkylation sites (tertiary alicyclic amines) is 1. The van der Waals surface area contributed by atoms with Crippen LogP contribution in [0.5, 0.6) is 0 Å². The molecule has 27 heavy (non-hydrogen) atoms. The number of benzene rings is 2. The number of nitrogens with one attached hydrogen (secondary N) is 2. The second-order valence-electron chi connectivity index (χ2n) is 7.25. The Labute approximate surface area is 160 Å². The maximum absolute atomic E-state index is 12.5. The summed E-state index contributed by atoms with van der Waals surface area (Å²) < 4.78 is 0. The van der Waals surface area contributed by atoms with E-state index in [0.29, 0.717) is 18.0 Å². The molecule has 1 heterocycles. The third-order valence-electron chi connectivity index (χ3n) is 4.85. The van der Waals surface area contributed by atoms with E-state index in [0.717, 1.165) is 42.7 Å². The Morgan fingerprint density at radius 2 is 1.78 bits per heavy atom. The van der Waals surface area contributed by atoms with Crippen molar-refractivity contribution in [3.8, 4) is 0 Å². The van der Waals surface area contributed by atoms with Crippen LogP contribution in [0.1, 0.15) is 54.1 Å². The van der Waals surface area contributed by atoms with Gasteiger partial charge in [-0.05, 0) is 48.1 Å². The van der Waals surface area contributed by atoms with E-state index in [-0.39, 0.29) is 11.9 Å². The number of anilines is 1. The first-order valence-electron chi connectivity index (χ1n) is 9.56. The minimum Gasteiger partial charge on any atom is -0.339 e. The molecule has 1 aliphatic rings. The Morgan fingerprint density at radius 1 is 1.04 bits per heavy atom. The van der Waals surface area contributed by atoms with E-state index >= 15 is 0 Å². The van der Waals surface area contributed by atoms with Crippen molar-refractivity contribution >= 4 is 17.6 Å². The van der Waals surface area contributed by atoms with Crippen molar-refractivity contribution < 1.29 is 9.59 Å². The van der Waals surface area contributed by atoms with Gasteiger partial charge in [-0.25, -0.2) is 4.79 Å². The second kappa shape index (κ2) is 8.71. The Balaban J connectivity index is 1.59. The average Bonchev–Trinajstić information content (AvgIpc) is 3.21. The monoisotopic (exact) mass is 365 g/mol. The summed E-state index contributed by atoms with van der Waals surface area (Å²) in [7, 11) is 0. The molecule has 0 unspecified atom stereocenters. The first-order chi connectivity index (χ1) is 13.0. The molecule has 2 aromatic carbocycles. The number of urea groups is 1. The lowest BCUT2D eigenvalue weighted by molar-refractivity contribution is 0.0792. The number of para-hydroxylation sites is 1. The van der Waals surface area contributed by atoms with Gasteiger partial charge in [0.05, 0.1) is 0 Å². The highest BCUT2D eigenvalue weighted by atomic mass is 16.2. The number of carbonyl (C=O) groups excluding carboxylic acids is 2. The van der Waals surface area contributed by atoms with Gasteiger partial charge in [-0.1, -0.05) is 44.2 Å². The predicted octanol–water partition coefficient (Wildman–Crippen LogP) is 4.37. The van der Waals surface area contributed by atoms with Gasteiger partial charge in [-0.2, -0.15) is 0 Å². The summed E-state index contributed by atoms with van der Waals surface area (Å²) in [6.07, 6.45) is 2.15. The number of amides is 3. The zero-order chi connectivity index (χ0) is 19.2. The maximum atomic E-state index is 12.5. The van der Waals surface area contributed by atoms with Crippen LogP contribution in [0, 0.1) is 0 Å². The van der Waals surface area contributed by atoms with Crippen molar-refractivity contribution in [2.45, 2.75) is 39.2 Å². The van der Waals surface area contributed by atoms with Crippen LogP contribution in [0.2, 0.25) is 0 Å². The summed E-state index contributed by atoms with van der Waals surface area (Å²) in [6, 6.07) is 15.1. The number of rotatable bonds is 5. The fraction of sp³-hybridized carbons (Fsp3) is 0.364. The highest BCUT2D eigenvalue weighted by Gasteiger charge is 2.19. The van der Waals surface area contributed by atoms with Gasteiger partial charge in [0.15, 0.2) is 0 Å². The van der Waals surface area contributed by atoms with Crippen molar-refractivity contribution in [1.29, 1.82) is 0 Å². The number of carbonyl (C=O) groups is 2. The van der Waals surface area contributed by atoms with Gasteiger partial charge in [-0.15, -0.1) is 0 Å². The summed E-state index contributed by atoms with van der Waals surface area (Å²) >= 11 is 0. The molecular weight excluding hydrogens is 338 g/mol. The van der Waals surface area contributed by atoms with E-state index in [9.17, 15) is 9.59 Å². The van der Waals surface area contributed by atoms with Crippen LogP contribution in [0.3, 0.4) is 0 Å². The van der Waals surface area contributed by atoms with E-state index in [1.807, 2.05) is 53.4 Å². The molecule has 2 N–H and O–H groups in total. The minimum atomic E-state index is -0.251. The van der Waals surface area contributed by atoms with Crippen molar-refractivity contribution in [2.75, 3.05) is 18.4 Å². The smallest absolute Gasteiger partial charge is 0.319 e. The zero-order valence-electron chi connectivity index (χ0n) is 16.0. The van der Waals surface area contributed by atoms with Crippen molar-refractivity contribution in [1.82, 2.24) is 10.2 Å². The molecule has 0 saturated carbocycles. The van der Waals surface area contributed by atoms with Gasteiger partial charge < -0.3 is 15.5 Å². The molecular formula is C22H27N3O2. The van der Waals surface area contributed by atoms with Gasteiger partial charge in [0.1, 0.15) is 0 Å². The minimum absolute atomic E-state index is 0.0738. The van der Waals surface area contributed by atoms with E-state index in [2.05, 4.69) is 24.5 Å². The SMILES string of the molecule is CC(C)c1ccccc1NC(=O)NCc1cccc(C(=O)N2CCCC2)c1. The van der Waals surface area contributed by atoms with Gasteiger partial charge in [0.25, 0.3) is 5.91 Å². The first kappa shape index (κ1) is 19.0. The zero-order valence-corrected chi connectivity index (χ0v) is 16.0. The molecule has 5 nitrogen and oxygen atoms in total. The normalized spacial score (nSPS) is 13.7. The van der Waals surface area contributed by atoms with Gasteiger partial charge >= 0.3 is 6.03 Å². The molecule has 1 fully saturated rings. The van der Waals surface area contributed by atoms with Crippen LogP contribution in [-0.4, -0.2) is 29.9 Å². The van der Waals surface area contributed by atoms with Gasteiger partial charge in [0, 0.05) is 30.9 Å². The van der Waals surface area contributed by atoms with E-state index in [1.165, 1.54) is 0 Å². The van der Waals surface area contributed by atoms with Crippen molar-refractivity contribution in [2.24, 2.45) is 0 Å². The summed E-state index contributed by atoms with van der Waals surface area (Å²) in [4.78, 5) is 26.7. The van der Waals surface area contributed by atoms with Crippen LogP contribution >= 0.6 is 0 Å². The lowest BCUT2D eigenvalue weighted by Crippen LogP contribution is -2.29. The molecule has 2 aromatic rings. The molecule has 3 rings (SSSR count). The molecule has 0 spiro atoms. The third kappa shape index (κ3) is 4.88. The highest BCUT2D eigenvalue weighted by Crippen LogP contribution is 2.23. The molecule has 0 atom stereocenters. The molecule has 5 heteroatoms. The van der Waals surface area contributed by atoms with Crippen LogP contribution in [-0.2, 0) is 6.54 Å². The quantitative estimate of drug-likeness (QED) is 0.827. The lowest BCUT2D eigenvalue weighted by atomic mass is 10.0. The summed E-state index contributed by atoms with van der Waals surface area (Å²) in [6.45, 7) is 6.23. The Kier molecular flexibility index (Phi) is 6.12. The van der Waals surface area contributed by atoms with Gasteiger partial charge in [-0.3, -0.25) is 4.79 Å². The second-order valence-corrected chi connectivity index (χ2v) is 7.25. The summed E-state index contributed by atoms with van der Waals surface area (Å²) in [5.41, 5.74) is 3.52. The Hall–Kier alpha value is -2.82. The Bertz CT molecular complexity index is 811. The fourth-order valence-corrected chi connectivity index (χ4v) is 3.38. The molecule has 0 radical (unpaired) electrons. The van der Waals surface area contributed by atoms with Crippen molar-refractivity contribution in [3.63, 3.8) is 0 Å². The molecule has 1 saturated heterocycles. The predicted molar refractivity (Wildman–Crippen MR) is 108 cm³/mol. The molecule has 142 valence electrons. The number of nitrogens with zero attached hydrogens (tertiary/aromatic N) is 1. The van der Waals surface area contributed by atoms with E-state index in [4.69, 9.17) is 0 Å². The lowest BCUT2D eigenvalue weighted by Gasteiger charge is -2.16.